The minimum Gasteiger partial charge on any atom is -0.508 e. The maximum absolute atomic E-state index is 9.90. The van der Waals surface area contributed by atoms with Crippen LogP contribution in [0.15, 0.2) is 24.3 Å². The number of hydrogen-bond acceptors (Lipinski definition) is 2. The van der Waals surface area contributed by atoms with E-state index in [1.807, 2.05) is 12.1 Å². The van der Waals surface area contributed by atoms with Gasteiger partial charge in [0.05, 0.1) is 0 Å². The summed E-state index contributed by atoms with van der Waals surface area (Å²) in [5, 5.41) is 9.90. The van der Waals surface area contributed by atoms with E-state index in [0.29, 0.717) is 5.75 Å². The number of anilines is 1. The van der Waals surface area contributed by atoms with Crippen LogP contribution in [0.5, 0.6) is 5.75 Å². The highest BCUT2D eigenvalue weighted by molar-refractivity contribution is 5.50. The molecule has 0 heterocycles. The van der Waals surface area contributed by atoms with Gasteiger partial charge in [-0.2, -0.15) is 0 Å². The molecule has 0 saturated heterocycles. The number of nitrogens with zero attached hydrogens (tertiary/aromatic N) is 1. The molecule has 0 spiro atoms. The van der Waals surface area contributed by atoms with Gasteiger partial charge in [-0.15, -0.1) is 0 Å². The van der Waals surface area contributed by atoms with Gasteiger partial charge in [0, 0.05) is 24.8 Å². The molecule has 2 nitrogen and oxygen atoms in total. The second-order valence-electron chi connectivity index (χ2n) is 7.26. The Morgan fingerprint density at radius 1 is 0.875 bits per heavy atom. The summed E-state index contributed by atoms with van der Waals surface area (Å²) in [6.07, 6.45) is 10.3. The average Bonchev–Trinajstić information content (AvgIpc) is 2.60. The lowest BCUT2D eigenvalue weighted by Crippen LogP contribution is -2.34. The van der Waals surface area contributed by atoms with Crippen LogP contribution in [0.3, 0.4) is 0 Å². The Hall–Kier alpha value is -1.18. The third-order valence-corrected chi connectivity index (χ3v) is 5.24. The van der Waals surface area contributed by atoms with Crippen LogP contribution < -0.4 is 4.90 Å². The predicted octanol–water partition coefficient (Wildman–Crippen LogP) is 6.63. The molecule has 1 N–H and O–H groups in total. The van der Waals surface area contributed by atoms with Gasteiger partial charge in [-0.3, -0.25) is 0 Å². The highest BCUT2D eigenvalue weighted by Gasteiger charge is 2.17. The number of hydrogen-bond donors (Lipinski definition) is 1. The minimum absolute atomic E-state index is 0.376. The molecule has 0 fully saturated rings. The third kappa shape index (κ3) is 7.59. The van der Waals surface area contributed by atoms with Crippen LogP contribution in [-0.4, -0.2) is 18.2 Å². The molecule has 1 rings (SSSR count). The first kappa shape index (κ1) is 20.9. The van der Waals surface area contributed by atoms with Gasteiger partial charge in [0.1, 0.15) is 5.75 Å². The van der Waals surface area contributed by atoms with Crippen molar-refractivity contribution in [1.29, 1.82) is 0 Å². The molecule has 2 unspecified atom stereocenters. The zero-order valence-electron chi connectivity index (χ0n) is 16.4. The van der Waals surface area contributed by atoms with Gasteiger partial charge in [-0.1, -0.05) is 72.3 Å². The van der Waals surface area contributed by atoms with Crippen LogP contribution in [0.25, 0.3) is 0 Å². The SMILES string of the molecule is CCCCC(CC)CN(CC(CC)CCCC)c1cccc(O)c1. The summed E-state index contributed by atoms with van der Waals surface area (Å²) >= 11 is 0. The molecule has 2 atom stereocenters. The lowest BCUT2D eigenvalue weighted by Gasteiger charge is -2.32. The maximum atomic E-state index is 9.90. The molecule has 0 aromatic heterocycles. The Kier molecular flexibility index (Phi) is 10.6. The van der Waals surface area contributed by atoms with E-state index in [2.05, 4.69) is 38.7 Å². The van der Waals surface area contributed by atoms with Crippen molar-refractivity contribution in [3.8, 4) is 5.75 Å². The first-order chi connectivity index (χ1) is 11.6. The second kappa shape index (κ2) is 12.2. The normalized spacial score (nSPS) is 13.7. The van der Waals surface area contributed by atoms with E-state index < -0.39 is 0 Å². The number of rotatable bonds is 13. The molecule has 0 radical (unpaired) electrons. The molecule has 0 bridgehead atoms. The van der Waals surface area contributed by atoms with E-state index in [1.54, 1.807) is 6.07 Å². The molecular formula is C22H39NO. The summed E-state index contributed by atoms with van der Waals surface area (Å²) in [6, 6.07) is 7.82. The van der Waals surface area contributed by atoms with Crippen LogP contribution >= 0.6 is 0 Å². The van der Waals surface area contributed by atoms with E-state index in [-0.39, 0.29) is 0 Å². The van der Waals surface area contributed by atoms with Crippen molar-refractivity contribution in [1.82, 2.24) is 0 Å². The summed E-state index contributed by atoms with van der Waals surface area (Å²) in [6.45, 7) is 11.4. The summed E-state index contributed by atoms with van der Waals surface area (Å²) in [4.78, 5) is 2.54. The lowest BCUT2D eigenvalue weighted by atomic mass is 9.95. The average molecular weight is 334 g/mol. The maximum Gasteiger partial charge on any atom is 0.117 e. The highest BCUT2D eigenvalue weighted by Crippen LogP contribution is 2.26. The Bertz CT molecular complexity index is 414. The fourth-order valence-corrected chi connectivity index (χ4v) is 3.43. The van der Waals surface area contributed by atoms with Gasteiger partial charge in [-0.25, -0.2) is 0 Å². The molecule has 0 aliphatic rings. The number of phenolic OH excluding ortho intramolecular Hbond substituents is 1. The minimum atomic E-state index is 0.376. The fraction of sp³-hybridized carbons (Fsp3) is 0.727. The van der Waals surface area contributed by atoms with Gasteiger partial charge >= 0.3 is 0 Å². The fourth-order valence-electron chi connectivity index (χ4n) is 3.43. The zero-order chi connectivity index (χ0) is 17.8. The van der Waals surface area contributed by atoms with Crippen molar-refractivity contribution in [2.45, 2.75) is 79.1 Å². The molecule has 2 heteroatoms. The Labute approximate surface area is 150 Å². The monoisotopic (exact) mass is 333 g/mol. The Morgan fingerprint density at radius 2 is 1.42 bits per heavy atom. The predicted molar refractivity (Wildman–Crippen MR) is 107 cm³/mol. The van der Waals surface area contributed by atoms with Crippen molar-refractivity contribution < 1.29 is 5.11 Å². The number of phenols is 1. The second-order valence-corrected chi connectivity index (χ2v) is 7.26. The number of aromatic hydroxyl groups is 1. The van der Waals surface area contributed by atoms with Crippen LogP contribution in [0.4, 0.5) is 5.69 Å². The Morgan fingerprint density at radius 3 is 1.83 bits per heavy atom. The van der Waals surface area contributed by atoms with Crippen LogP contribution in [-0.2, 0) is 0 Å². The van der Waals surface area contributed by atoms with Crippen molar-refractivity contribution in [2.75, 3.05) is 18.0 Å². The lowest BCUT2D eigenvalue weighted by molar-refractivity contribution is 0.403. The first-order valence-electron chi connectivity index (χ1n) is 10.2. The van der Waals surface area contributed by atoms with E-state index in [4.69, 9.17) is 0 Å². The number of unbranched alkanes of at least 4 members (excludes halogenated alkanes) is 2. The molecule has 0 aliphatic carbocycles. The van der Waals surface area contributed by atoms with Crippen LogP contribution in [0.1, 0.15) is 79.1 Å². The van der Waals surface area contributed by atoms with Gasteiger partial charge in [0.15, 0.2) is 0 Å². The molecule has 1 aromatic rings. The van der Waals surface area contributed by atoms with Crippen LogP contribution in [0, 0.1) is 11.8 Å². The first-order valence-corrected chi connectivity index (χ1v) is 10.2. The van der Waals surface area contributed by atoms with Gasteiger partial charge in [0.2, 0.25) is 0 Å². The number of benzene rings is 1. The molecule has 138 valence electrons. The van der Waals surface area contributed by atoms with Crippen LogP contribution in [0.2, 0.25) is 0 Å². The van der Waals surface area contributed by atoms with Crippen molar-refractivity contribution >= 4 is 5.69 Å². The topological polar surface area (TPSA) is 23.5 Å². The zero-order valence-corrected chi connectivity index (χ0v) is 16.4. The standard InChI is InChI=1S/C22H39NO/c1-5-9-12-19(7-3)17-23(18-20(8-4)13-10-6-2)21-14-11-15-22(24)16-21/h11,14-16,19-20,24H,5-10,12-13,17-18H2,1-4H3. The smallest absolute Gasteiger partial charge is 0.117 e. The molecule has 0 aliphatic heterocycles. The van der Waals surface area contributed by atoms with Gasteiger partial charge in [0.25, 0.3) is 0 Å². The molecule has 24 heavy (non-hydrogen) atoms. The summed E-state index contributed by atoms with van der Waals surface area (Å²) < 4.78 is 0. The Balaban J connectivity index is 2.85. The van der Waals surface area contributed by atoms with Gasteiger partial charge < -0.3 is 10.0 Å². The van der Waals surface area contributed by atoms with Gasteiger partial charge in [-0.05, 0) is 36.8 Å². The molecule has 0 saturated carbocycles. The van der Waals surface area contributed by atoms with Crippen molar-refractivity contribution in [3.05, 3.63) is 24.3 Å². The summed E-state index contributed by atoms with van der Waals surface area (Å²) in [5.41, 5.74) is 1.18. The molecule has 1 aromatic carbocycles. The van der Waals surface area contributed by atoms with E-state index in [1.165, 1.54) is 57.1 Å². The van der Waals surface area contributed by atoms with E-state index in [9.17, 15) is 5.11 Å². The largest absolute Gasteiger partial charge is 0.508 e. The van der Waals surface area contributed by atoms with E-state index in [0.717, 1.165) is 24.9 Å². The van der Waals surface area contributed by atoms with Crippen molar-refractivity contribution in [3.63, 3.8) is 0 Å². The highest BCUT2D eigenvalue weighted by atomic mass is 16.3. The van der Waals surface area contributed by atoms with E-state index >= 15 is 0 Å². The summed E-state index contributed by atoms with van der Waals surface area (Å²) in [5.74, 6) is 1.87. The molecule has 0 amide bonds. The summed E-state index contributed by atoms with van der Waals surface area (Å²) in [7, 11) is 0. The molecular weight excluding hydrogens is 294 g/mol. The van der Waals surface area contributed by atoms with Crippen molar-refractivity contribution in [2.24, 2.45) is 11.8 Å². The quantitative estimate of drug-likeness (QED) is 0.438. The third-order valence-electron chi connectivity index (χ3n) is 5.24.